The minimum atomic E-state index is -0.525. The fourth-order valence-corrected chi connectivity index (χ4v) is 3.39. The quantitative estimate of drug-likeness (QED) is 0.449. The molecule has 5 nitrogen and oxygen atoms in total. The molecule has 1 aliphatic heterocycles. The molecule has 2 aromatic carbocycles. The number of anilines is 1. The number of carbonyl (C=O) groups is 2. The van der Waals surface area contributed by atoms with Crippen LogP contribution in [0.4, 0.5) is 10.1 Å². The highest BCUT2D eigenvalue weighted by Crippen LogP contribution is 2.20. The summed E-state index contributed by atoms with van der Waals surface area (Å²) in [5.74, 6) is -1.36. The molecular weight excluding hydrogens is 389 g/mol. The van der Waals surface area contributed by atoms with Gasteiger partial charge in [0.05, 0.1) is 6.54 Å². The van der Waals surface area contributed by atoms with Crippen molar-refractivity contribution in [3.63, 3.8) is 0 Å². The topological polar surface area (TPSA) is 52.7 Å². The van der Waals surface area contributed by atoms with Crippen LogP contribution in [-0.4, -0.2) is 34.9 Å². The van der Waals surface area contributed by atoms with Crippen LogP contribution in [-0.2, 0) is 16.1 Å². The third-order valence-electron chi connectivity index (χ3n) is 4.77. The van der Waals surface area contributed by atoms with Gasteiger partial charge in [0.15, 0.2) is 5.11 Å². The SMILES string of the molecule is CCN(CC)c1ccc(/C=C2\C(=O)NC(=S)N(Cc3ccc(F)cc3)C2=O)cc1. The summed E-state index contributed by atoms with van der Waals surface area (Å²) >= 11 is 5.16. The van der Waals surface area contributed by atoms with Crippen LogP contribution < -0.4 is 10.2 Å². The highest BCUT2D eigenvalue weighted by atomic mass is 32.1. The summed E-state index contributed by atoms with van der Waals surface area (Å²) in [5.41, 5.74) is 2.54. The molecule has 1 saturated heterocycles. The maximum absolute atomic E-state index is 13.1. The number of benzene rings is 2. The number of rotatable bonds is 6. The lowest BCUT2D eigenvalue weighted by Crippen LogP contribution is -2.53. The molecule has 1 aliphatic rings. The molecule has 0 unspecified atom stereocenters. The van der Waals surface area contributed by atoms with E-state index in [0.717, 1.165) is 24.3 Å². The van der Waals surface area contributed by atoms with E-state index < -0.39 is 11.8 Å². The molecule has 29 heavy (non-hydrogen) atoms. The van der Waals surface area contributed by atoms with Crippen LogP contribution in [0, 0.1) is 5.82 Å². The Balaban J connectivity index is 1.84. The maximum atomic E-state index is 13.1. The summed E-state index contributed by atoms with van der Waals surface area (Å²) in [6, 6.07) is 13.5. The molecule has 0 radical (unpaired) electrons. The van der Waals surface area contributed by atoms with Crippen LogP contribution in [0.2, 0.25) is 0 Å². The average molecular weight is 412 g/mol. The van der Waals surface area contributed by atoms with E-state index in [1.54, 1.807) is 18.2 Å². The van der Waals surface area contributed by atoms with Gasteiger partial charge in [0.25, 0.3) is 11.8 Å². The second-order valence-electron chi connectivity index (χ2n) is 6.60. The number of nitrogens with zero attached hydrogens (tertiary/aromatic N) is 2. The van der Waals surface area contributed by atoms with Crippen molar-refractivity contribution in [3.8, 4) is 0 Å². The van der Waals surface area contributed by atoms with Crippen molar-refractivity contribution < 1.29 is 14.0 Å². The van der Waals surface area contributed by atoms with Gasteiger partial charge in [-0.15, -0.1) is 0 Å². The standard InChI is InChI=1S/C22H22FN3O2S/c1-3-25(4-2)18-11-7-15(8-12-18)13-19-20(27)24-22(29)26(21(19)28)14-16-5-9-17(23)10-6-16/h5-13H,3-4,14H2,1-2H3,(H,24,27,29)/b19-13+. The summed E-state index contributed by atoms with van der Waals surface area (Å²) in [4.78, 5) is 28.8. The summed E-state index contributed by atoms with van der Waals surface area (Å²) in [6.07, 6.45) is 1.56. The Kier molecular flexibility index (Phi) is 6.39. The van der Waals surface area contributed by atoms with Crippen molar-refractivity contribution in [2.75, 3.05) is 18.0 Å². The first-order valence-corrected chi connectivity index (χ1v) is 9.82. The Bertz CT molecular complexity index is 951. The second kappa shape index (κ2) is 8.96. The summed E-state index contributed by atoms with van der Waals surface area (Å²) in [6.45, 7) is 6.11. The van der Waals surface area contributed by atoms with E-state index in [1.165, 1.54) is 17.0 Å². The van der Waals surface area contributed by atoms with Crippen molar-refractivity contribution in [3.05, 3.63) is 71.0 Å². The first kappa shape index (κ1) is 20.7. The second-order valence-corrected chi connectivity index (χ2v) is 6.99. The molecule has 150 valence electrons. The normalized spacial score (nSPS) is 15.6. The fraction of sp³-hybridized carbons (Fsp3) is 0.227. The predicted molar refractivity (Wildman–Crippen MR) is 116 cm³/mol. The van der Waals surface area contributed by atoms with Crippen molar-refractivity contribution in [2.24, 2.45) is 0 Å². The van der Waals surface area contributed by atoms with E-state index in [0.29, 0.717) is 5.56 Å². The molecule has 0 atom stereocenters. The molecule has 1 fully saturated rings. The first-order valence-electron chi connectivity index (χ1n) is 9.41. The Morgan fingerprint density at radius 3 is 2.24 bits per heavy atom. The van der Waals surface area contributed by atoms with Crippen LogP contribution in [0.5, 0.6) is 0 Å². The van der Waals surface area contributed by atoms with Gasteiger partial charge >= 0.3 is 0 Å². The molecule has 0 aliphatic carbocycles. The van der Waals surface area contributed by atoms with Crippen LogP contribution in [0.25, 0.3) is 6.08 Å². The number of thiocarbonyl (C=S) groups is 1. The minimum absolute atomic E-state index is 0.0105. The molecule has 1 N–H and O–H groups in total. The van der Waals surface area contributed by atoms with Gasteiger partial charge in [0.1, 0.15) is 11.4 Å². The van der Waals surface area contributed by atoms with Crippen LogP contribution in [0.1, 0.15) is 25.0 Å². The zero-order valence-corrected chi connectivity index (χ0v) is 17.1. The van der Waals surface area contributed by atoms with Crippen molar-refractivity contribution in [2.45, 2.75) is 20.4 Å². The number of hydrogen-bond acceptors (Lipinski definition) is 4. The van der Waals surface area contributed by atoms with Gasteiger partial charge in [0, 0.05) is 18.8 Å². The smallest absolute Gasteiger partial charge is 0.265 e. The minimum Gasteiger partial charge on any atom is -0.372 e. The number of hydrogen-bond donors (Lipinski definition) is 1. The summed E-state index contributed by atoms with van der Waals surface area (Å²) in [7, 11) is 0. The number of halogens is 1. The lowest BCUT2D eigenvalue weighted by molar-refractivity contribution is -0.129. The zero-order chi connectivity index (χ0) is 21.0. The lowest BCUT2D eigenvalue weighted by atomic mass is 10.1. The molecule has 1 heterocycles. The Morgan fingerprint density at radius 2 is 1.66 bits per heavy atom. The zero-order valence-electron chi connectivity index (χ0n) is 16.3. The third-order valence-corrected chi connectivity index (χ3v) is 5.09. The third kappa shape index (κ3) is 4.68. The highest BCUT2D eigenvalue weighted by molar-refractivity contribution is 7.80. The van der Waals surface area contributed by atoms with Gasteiger partial charge < -0.3 is 4.90 Å². The molecule has 2 aromatic rings. The van der Waals surface area contributed by atoms with Gasteiger partial charge in [0.2, 0.25) is 0 Å². The van der Waals surface area contributed by atoms with Gasteiger partial charge in [-0.2, -0.15) is 0 Å². The van der Waals surface area contributed by atoms with E-state index in [1.807, 2.05) is 24.3 Å². The van der Waals surface area contributed by atoms with Gasteiger partial charge in [-0.05, 0) is 67.5 Å². The monoisotopic (exact) mass is 411 g/mol. The molecule has 0 saturated carbocycles. The van der Waals surface area contributed by atoms with Crippen LogP contribution in [0.3, 0.4) is 0 Å². The molecule has 7 heteroatoms. The van der Waals surface area contributed by atoms with Gasteiger partial charge in [-0.1, -0.05) is 24.3 Å². The van der Waals surface area contributed by atoms with Gasteiger partial charge in [-0.25, -0.2) is 4.39 Å². The van der Waals surface area contributed by atoms with E-state index in [9.17, 15) is 14.0 Å². The average Bonchev–Trinajstić information content (AvgIpc) is 2.72. The van der Waals surface area contributed by atoms with E-state index in [2.05, 4.69) is 24.1 Å². The van der Waals surface area contributed by atoms with E-state index in [4.69, 9.17) is 12.2 Å². The van der Waals surface area contributed by atoms with E-state index in [-0.39, 0.29) is 23.0 Å². The number of carbonyl (C=O) groups excluding carboxylic acids is 2. The number of amides is 2. The number of nitrogens with one attached hydrogen (secondary N) is 1. The molecule has 0 aromatic heterocycles. The fourth-order valence-electron chi connectivity index (χ4n) is 3.15. The maximum Gasteiger partial charge on any atom is 0.265 e. The van der Waals surface area contributed by atoms with Crippen molar-refractivity contribution in [1.29, 1.82) is 0 Å². The molecule has 3 rings (SSSR count). The molecular formula is C22H22FN3O2S. The highest BCUT2D eigenvalue weighted by Gasteiger charge is 2.33. The van der Waals surface area contributed by atoms with Crippen molar-refractivity contribution in [1.82, 2.24) is 10.2 Å². The molecule has 0 bridgehead atoms. The first-order chi connectivity index (χ1) is 13.9. The summed E-state index contributed by atoms with van der Waals surface area (Å²) in [5, 5.41) is 2.60. The van der Waals surface area contributed by atoms with E-state index >= 15 is 0 Å². The largest absolute Gasteiger partial charge is 0.372 e. The predicted octanol–water partition coefficient (Wildman–Crippen LogP) is 3.50. The summed E-state index contributed by atoms with van der Waals surface area (Å²) < 4.78 is 13.1. The Hall–Kier alpha value is -3.06. The lowest BCUT2D eigenvalue weighted by Gasteiger charge is -2.29. The molecule has 0 spiro atoms. The van der Waals surface area contributed by atoms with Gasteiger partial charge in [-0.3, -0.25) is 19.8 Å². The molecule has 2 amide bonds. The Morgan fingerprint density at radius 1 is 1.03 bits per heavy atom. The van der Waals surface area contributed by atoms with Crippen LogP contribution >= 0.6 is 12.2 Å². The van der Waals surface area contributed by atoms with Crippen molar-refractivity contribution >= 4 is 40.9 Å². The Labute approximate surface area is 174 Å². The van der Waals surface area contributed by atoms with Crippen LogP contribution in [0.15, 0.2) is 54.1 Å².